The van der Waals surface area contributed by atoms with Crippen LogP contribution in [0, 0.1) is 0 Å². The van der Waals surface area contributed by atoms with Gasteiger partial charge in [0.25, 0.3) is 0 Å². The van der Waals surface area contributed by atoms with Crippen LogP contribution in [0.25, 0.3) is 0 Å². The highest BCUT2D eigenvalue weighted by Gasteiger charge is 2.27. The van der Waals surface area contributed by atoms with E-state index in [4.69, 9.17) is 9.47 Å². The SMILES string of the molecule is COCCN(CCOC)C(=O)CNCC(F)(F)F. The minimum atomic E-state index is -4.32. The van der Waals surface area contributed by atoms with Crippen LogP contribution in [0.3, 0.4) is 0 Å². The molecule has 0 fully saturated rings. The molecule has 0 aromatic carbocycles. The zero-order valence-electron chi connectivity index (χ0n) is 10.5. The number of carbonyl (C=O) groups excluding carboxylic acids is 1. The van der Waals surface area contributed by atoms with E-state index < -0.39 is 18.6 Å². The number of hydrogen-bond acceptors (Lipinski definition) is 4. The molecular weight excluding hydrogens is 253 g/mol. The molecule has 0 atom stereocenters. The van der Waals surface area contributed by atoms with Crippen molar-refractivity contribution in [2.24, 2.45) is 0 Å². The van der Waals surface area contributed by atoms with Gasteiger partial charge in [-0.05, 0) is 0 Å². The fourth-order valence-corrected chi connectivity index (χ4v) is 1.19. The summed E-state index contributed by atoms with van der Waals surface area (Å²) in [6.07, 6.45) is -4.32. The van der Waals surface area contributed by atoms with Gasteiger partial charge in [-0.3, -0.25) is 4.79 Å². The van der Waals surface area contributed by atoms with Gasteiger partial charge in [0.2, 0.25) is 5.91 Å². The minimum absolute atomic E-state index is 0.326. The smallest absolute Gasteiger partial charge is 0.383 e. The number of nitrogens with one attached hydrogen (secondary N) is 1. The van der Waals surface area contributed by atoms with E-state index >= 15 is 0 Å². The molecule has 1 N–H and O–H groups in total. The molecule has 0 heterocycles. The summed E-state index contributed by atoms with van der Waals surface area (Å²) in [5, 5.41) is 2.06. The molecule has 0 aromatic heterocycles. The number of nitrogens with zero attached hydrogens (tertiary/aromatic N) is 1. The number of halogens is 3. The van der Waals surface area contributed by atoms with Crippen LogP contribution in [-0.4, -0.2) is 70.6 Å². The summed E-state index contributed by atoms with van der Waals surface area (Å²) in [4.78, 5) is 13.0. The number of amides is 1. The van der Waals surface area contributed by atoms with Crippen molar-refractivity contribution in [2.75, 3.05) is 53.6 Å². The van der Waals surface area contributed by atoms with Crippen LogP contribution >= 0.6 is 0 Å². The lowest BCUT2D eigenvalue weighted by Crippen LogP contribution is -2.43. The van der Waals surface area contributed by atoms with Crippen molar-refractivity contribution in [1.82, 2.24) is 10.2 Å². The van der Waals surface area contributed by atoms with Gasteiger partial charge in [-0.1, -0.05) is 0 Å². The Kier molecular flexibility index (Phi) is 8.69. The topological polar surface area (TPSA) is 50.8 Å². The van der Waals surface area contributed by atoms with Gasteiger partial charge in [0.15, 0.2) is 0 Å². The highest BCUT2D eigenvalue weighted by Crippen LogP contribution is 2.11. The first kappa shape index (κ1) is 17.1. The Morgan fingerprint density at radius 3 is 2.06 bits per heavy atom. The maximum Gasteiger partial charge on any atom is 0.401 e. The predicted molar refractivity (Wildman–Crippen MR) is 59.3 cm³/mol. The molecule has 0 aliphatic carbocycles. The normalized spacial score (nSPS) is 11.6. The number of hydrogen-bond donors (Lipinski definition) is 1. The van der Waals surface area contributed by atoms with Gasteiger partial charge in [-0.2, -0.15) is 13.2 Å². The fourth-order valence-electron chi connectivity index (χ4n) is 1.19. The van der Waals surface area contributed by atoms with E-state index in [0.29, 0.717) is 26.3 Å². The Labute approximate surface area is 104 Å². The van der Waals surface area contributed by atoms with Crippen molar-refractivity contribution in [3.63, 3.8) is 0 Å². The molecule has 0 saturated carbocycles. The first-order chi connectivity index (χ1) is 8.40. The Balaban J connectivity index is 4.03. The molecule has 0 aliphatic heterocycles. The molecule has 18 heavy (non-hydrogen) atoms. The molecule has 108 valence electrons. The molecule has 5 nitrogen and oxygen atoms in total. The monoisotopic (exact) mass is 272 g/mol. The number of rotatable bonds is 9. The first-order valence-corrected chi connectivity index (χ1v) is 5.44. The molecule has 0 bridgehead atoms. The number of alkyl halides is 3. The second-order valence-electron chi connectivity index (χ2n) is 3.59. The zero-order valence-corrected chi connectivity index (χ0v) is 10.5. The molecule has 0 aliphatic rings. The van der Waals surface area contributed by atoms with Crippen molar-refractivity contribution in [1.29, 1.82) is 0 Å². The predicted octanol–water partition coefficient (Wildman–Crippen LogP) is 0.260. The molecule has 0 unspecified atom stereocenters. The highest BCUT2D eigenvalue weighted by molar-refractivity contribution is 5.78. The quantitative estimate of drug-likeness (QED) is 0.654. The van der Waals surface area contributed by atoms with Crippen LogP contribution in [0.5, 0.6) is 0 Å². The number of ether oxygens (including phenoxy) is 2. The average Bonchev–Trinajstić information content (AvgIpc) is 2.27. The van der Waals surface area contributed by atoms with Crippen molar-refractivity contribution in [2.45, 2.75) is 6.18 Å². The summed E-state index contributed by atoms with van der Waals surface area (Å²) in [6.45, 7) is -0.226. The Morgan fingerprint density at radius 2 is 1.67 bits per heavy atom. The first-order valence-electron chi connectivity index (χ1n) is 5.44. The fraction of sp³-hybridized carbons (Fsp3) is 0.900. The molecule has 0 saturated heterocycles. The summed E-state index contributed by atoms with van der Waals surface area (Å²) in [6, 6.07) is 0. The molecule has 8 heteroatoms. The van der Waals surface area contributed by atoms with Crippen LogP contribution in [0.4, 0.5) is 13.2 Å². The van der Waals surface area contributed by atoms with Crippen LogP contribution < -0.4 is 5.32 Å². The van der Waals surface area contributed by atoms with Crippen LogP contribution in [0.2, 0.25) is 0 Å². The third-order valence-electron chi connectivity index (χ3n) is 2.09. The third-order valence-corrected chi connectivity index (χ3v) is 2.09. The van der Waals surface area contributed by atoms with Crippen molar-refractivity contribution < 1.29 is 27.4 Å². The van der Waals surface area contributed by atoms with Gasteiger partial charge in [0.05, 0.1) is 26.3 Å². The maximum absolute atomic E-state index is 11.9. The van der Waals surface area contributed by atoms with E-state index in [1.807, 2.05) is 0 Å². The second kappa shape index (κ2) is 9.12. The van der Waals surface area contributed by atoms with Crippen LogP contribution in [-0.2, 0) is 14.3 Å². The van der Waals surface area contributed by atoms with E-state index in [-0.39, 0.29) is 6.54 Å². The summed E-state index contributed by atoms with van der Waals surface area (Å²) >= 11 is 0. The molecular formula is C10H19F3N2O3. The second-order valence-corrected chi connectivity index (χ2v) is 3.59. The summed E-state index contributed by atoms with van der Waals surface area (Å²) < 4.78 is 45.3. The third kappa shape index (κ3) is 9.20. The lowest BCUT2D eigenvalue weighted by atomic mass is 10.4. The largest absolute Gasteiger partial charge is 0.401 e. The number of methoxy groups -OCH3 is 2. The lowest BCUT2D eigenvalue weighted by molar-refractivity contribution is -0.135. The van der Waals surface area contributed by atoms with Crippen molar-refractivity contribution in [3.8, 4) is 0 Å². The van der Waals surface area contributed by atoms with E-state index in [1.54, 1.807) is 0 Å². The summed E-state index contributed by atoms with van der Waals surface area (Å²) in [5.74, 6) is -0.409. The van der Waals surface area contributed by atoms with E-state index in [2.05, 4.69) is 5.32 Å². The average molecular weight is 272 g/mol. The highest BCUT2D eigenvalue weighted by atomic mass is 19.4. The molecule has 0 rings (SSSR count). The van der Waals surface area contributed by atoms with E-state index in [1.165, 1.54) is 19.1 Å². The van der Waals surface area contributed by atoms with Crippen molar-refractivity contribution >= 4 is 5.91 Å². The Morgan fingerprint density at radius 1 is 1.17 bits per heavy atom. The van der Waals surface area contributed by atoms with E-state index in [9.17, 15) is 18.0 Å². The van der Waals surface area contributed by atoms with Gasteiger partial charge in [0.1, 0.15) is 0 Å². The summed E-state index contributed by atoms with van der Waals surface area (Å²) in [7, 11) is 2.97. The standard InChI is InChI=1S/C10H19F3N2O3/c1-17-5-3-15(4-6-18-2)9(16)7-14-8-10(11,12)13/h14H,3-8H2,1-2H3. The van der Waals surface area contributed by atoms with Crippen molar-refractivity contribution in [3.05, 3.63) is 0 Å². The van der Waals surface area contributed by atoms with Crippen LogP contribution in [0.15, 0.2) is 0 Å². The van der Waals surface area contributed by atoms with Gasteiger partial charge >= 0.3 is 6.18 Å². The zero-order chi connectivity index (χ0) is 14.0. The number of carbonyl (C=O) groups is 1. The van der Waals surface area contributed by atoms with Gasteiger partial charge in [-0.25, -0.2) is 0 Å². The van der Waals surface area contributed by atoms with Gasteiger partial charge in [-0.15, -0.1) is 0 Å². The van der Waals surface area contributed by atoms with Gasteiger partial charge < -0.3 is 19.7 Å². The summed E-state index contributed by atoms with van der Waals surface area (Å²) in [5.41, 5.74) is 0. The molecule has 1 amide bonds. The molecule has 0 spiro atoms. The van der Waals surface area contributed by atoms with E-state index in [0.717, 1.165) is 0 Å². The lowest BCUT2D eigenvalue weighted by Gasteiger charge is -2.22. The molecule has 0 aromatic rings. The van der Waals surface area contributed by atoms with Crippen LogP contribution in [0.1, 0.15) is 0 Å². The Bertz CT molecular complexity index is 229. The molecule has 0 radical (unpaired) electrons. The van der Waals surface area contributed by atoms with Gasteiger partial charge in [0, 0.05) is 27.3 Å². The Hall–Kier alpha value is -0.860. The minimum Gasteiger partial charge on any atom is -0.383 e. The maximum atomic E-state index is 11.9.